The smallest absolute Gasteiger partial charge is 0.325 e. The first kappa shape index (κ1) is 26.7. The van der Waals surface area contributed by atoms with E-state index in [0.717, 1.165) is 4.90 Å². The summed E-state index contributed by atoms with van der Waals surface area (Å²) in [7, 11) is 3.21. The summed E-state index contributed by atoms with van der Waals surface area (Å²) in [4.78, 5) is 50.4. The van der Waals surface area contributed by atoms with Gasteiger partial charge in [-0.25, -0.2) is 23.5 Å². The molecule has 0 bridgehead atoms. The molecular weight excluding hydrogens is 496 g/mol. The molecule has 4 rings (SSSR count). The third kappa shape index (κ3) is 4.81. The summed E-state index contributed by atoms with van der Waals surface area (Å²) in [5, 5.41) is 2.60. The first-order chi connectivity index (χ1) is 18.0. The van der Waals surface area contributed by atoms with Gasteiger partial charge in [-0.2, -0.15) is 0 Å². The van der Waals surface area contributed by atoms with E-state index < -0.39 is 47.5 Å². The molecular formula is C26H29F2N7O3. The van der Waals surface area contributed by atoms with Crippen molar-refractivity contribution in [2.75, 3.05) is 17.7 Å². The molecule has 1 unspecified atom stereocenters. The molecule has 4 amide bonds. The Balaban J connectivity index is 1.63. The number of carbonyl (C=O) groups is 3. The number of anilines is 2. The first-order valence-electron chi connectivity index (χ1n) is 12.1. The summed E-state index contributed by atoms with van der Waals surface area (Å²) in [6.45, 7) is 3.12. The number of carbonyl (C=O) groups excluding carboxylic acids is 3. The molecule has 1 fully saturated rings. The summed E-state index contributed by atoms with van der Waals surface area (Å²) in [6, 6.07) is 3.14. The van der Waals surface area contributed by atoms with Crippen molar-refractivity contribution in [1.82, 2.24) is 24.8 Å². The lowest BCUT2D eigenvalue weighted by Crippen LogP contribution is -2.70. The van der Waals surface area contributed by atoms with Gasteiger partial charge in [0.15, 0.2) is 11.6 Å². The van der Waals surface area contributed by atoms with Crippen LogP contribution in [0.2, 0.25) is 0 Å². The highest BCUT2D eigenvalue weighted by atomic mass is 19.2. The largest absolute Gasteiger partial charge is 0.384 e. The van der Waals surface area contributed by atoms with Crippen molar-refractivity contribution < 1.29 is 23.2 Å². The molecule has 1 saturated heterocycles. The van der Waals surface area contributed by atoms with E-state index in [1.165, 1.54) is 43.4 Å². The van der Waals surface area contributed by atoms with Crippen LogP contribution >= 0.6 is 0 Å². The van der Waals surface area contributed by atoms with Gasteiger partial charge in [0.2, 0.25) is 11.9 Å². The molecule has 10 nitrogen and oxygen atoms in total. The highest BCUT2D eigenvalue weighted by Gasteiger charge is 2.55. The fraction of sp³-hybridized carbons (Fsp3) is 0.346. The maximum absolute atomic E-state index is 14.7. The molecule has 2 aromatic heterocycles. The van der Waals surface area contributed by atoms with Crippen molar-refractivity contribution in [3.05, 3.63) is 71.2 Å². The average molecular weight is 526 g/mol. The predicted molar refractivity (Wildman–Crippen MR) is 136 cm³/mol. The maximum atomic E-state index is 14.7. The molecule has 0 spiro atoms. The number of hydrogen-bond acceptors (Lipinski definition) is 6. The van der Waals surface area contributed by atoms with Gasteiger partial charge in [-0.05, 0) is 43.0 Å². The quantitative estimate of drug-likeness (QED) is 0.457. The number of hydrogen-bond donors (Lipinski definition) is 2. The van der Waals surface area contributed by atoms with Crippen molar-refractivity contribution in [3.63, 3.8) is 0 Å². The number of halogens is 2. The number of aromatic nitrogens is 3. The number of likely N-dealkylation sites (N-methyl/N-ethyl adjacent to an activating group) is 1. The minimum atomic E-state index is -1.16. The number of aryl methyl sites for hydroxylation is 2. The molecule has 1 aliphatic heterocycles. The van der Waals surface area contributed by atoms with E-state index in [1.54, 1.807) is 36.9 Å². The van der Waals surface area contributed by atoms with Crippen LogP contribution in [-0.4, -0.2) is 50.4 Å². The Kier molecular flexibility index (Phi) is 7.42. The van der Waals surface area contributed by atoms with E-state index in [0.29, 0.717) is 11.5 Å². The number of rotatable bonds is 7. The van der Waals surface area contributed by atoms with E-state index in [2.05, 4.69) is 15.3 Å². The number of nitrogens with two attached hydrogens (primary N) is 1. The first-order valence-corrected chi connectivity index (χ1v) is 12.1. The molecule has 3 N–H and O–H groups in total. The number of β-lactam (4-membered cyclic amide) rings is 1. The highest BCUT2D eigenvalue weighted by Crippen LogP contribution is 2.33. The van der Waals surface area contributed by atoms with Crippen LogP contribution in [0, 0.1) is 24.5 Å². The van der Waals surface area contributed by atoms with Crippen LogP contribution in [0.25, 0.3) is 0 Å². The van der Waals surface area contributed by atoms with E-state index in [1.807, 2.05) is 0 Å². The Morgan fingerprint density at radius 1 is 1.18 bits per heavy atom. The molecule has 38 heavy (non-hydrogen) atoms. The zero-order chi connectivity index (χ0) is 27.7. The van der Waals surface area contributed by atoms with Crippen LogP contribution in [0.5, 0.6) is 0 Å². The van der Waals surface area contributed by atoms with Crippen molar-refractivity contribution in [2.45, 2.75) is 38.8 Å². The van der Waals surface area contributed by atoms with Crippen molar-refractivity contribution in [2.24, 2.45) is 13.0 Å². The number of pyridine rings is 1. The Labute approximate surface area is 218 Å². The van der Waals surface area contributed by atoms with Crippen molar-refractivity contribution in [3.8, 4) is 0 Å². The summed E-state index contributed by atoms with van der Waals surface area (Å²) in [5.74, 6) is -3.44. The molecule has 1 aliphatic rings. The molecule has 0 saturated carbocycles. The number of nitrogen functional groups attached to an aromatic ring is 1. The minimum absolute atomic E-state index is 0.0475. The van der Waals surface area contributed by atoms with Crippen LogP contribution < -0.4 is 16.0 Å². The highest BCUT2D eigenvalue weighted by molar-refractivity contribution is 6.12. The second-order valence-electron chi connectivity index (χ2n) is 9.30. The van der Waals surface area contributed by atoms with E-state index >= 15 is 0 Å². The number of urea groups is 1. The lowest BCUT2D eigenvalue weighted by Gasteiger charge is -2.45. The minimum Gasteiger partial charge on any atom is -0.384 e. The van der Waals surface area contributed by atoms with Crippen LogP contribution in [0.4, 0.5) is 25.3 Å². The molecule has 0 aliphatic carbocycles. The number of nitrogens with one attached hydrogen (secondary N) is 1. The van der Waals surface area contributed by atoms with Gasteiger partial charge < -0.3 is 15.6 Å². The topological polar surface area (TPSA) is 126 Å². The summed E-state index contributed by atoms with van der Waals surface area (Å²) < 4.78 is 30.5. The molecule has 3 atom stereocenters. The zero-order valence-electron chi connectivity index (χ0n) is 21.5. The standard InChI is InChI=1S/C26H29F2N7O3/c1-5-18(16-7-6-14(2)20(27)21(16)28)32-26(38)35-22(24(37)34(4)25-31-10-11-33(25)3)17(23(35)36)12-15-8-9-30-19(29)13-15/h6-11,13,17-18,22H,5,12H2,1-4H3,(H2,29,30)(H,32,38)/t17?,18-,22+/m1/s1. The monoisotopic (exact) mass is 525 g/mol. The molecule has 3 heterocycles. The SMILES string of the molecule is CC[C@@H](NC(=O)N1C(=O)C(Cc2ccnc(N)c2)[C@H]1C(=O)N(C)c1nccn1C)c1ccc(C)c(F)c1F. The number of benzene rings is 1. The molecule has 3 aromatic rings. The van der Waals surface area contributed by atoms with E-state index in [9.17, 15) is 23.2 Å². The van der Waals surface area contributed by atoms with Gasteiger partial charge in [-0.1, -0.05) is 19.1 Å². The fourth-order valence-corrected chi connectivity index (χ4v) is 4.66. The Bertz CT molecular complexity index is 1390. The lowest BCUT2D eigenvalue weighted by atomic mass is 9.81. The Morgan fingerprint density at radius 2 is 1.92 bits per heavy atom. The third-order valence-corrected chi connectivity index (χ3v) is 6.80. The van der Waals surface area contributed by atoms with Crippen LogP contribution in [0.3, 0.4) is 0 Å². The predicted octanol–water partition coefficient (Wildman–Crippen LogP) is 2.88. The number of imide groups is 1. The molecule has 1 aromatic carbocycles. The summed E-state index contributed by atoms with van der Waals surface area (Å²) >= 11 is 0. The number of nitrogens with zero attached hydrogens (tertiary/aromatic N) is 5. The van der Waals surface area contributed by atoms with Gasteiger partial charge in [0.05, 0.1) is 12.0 Å². The lowest BCUT2D eigenvalue weighted by molar-refractivity contribution is -0.156. The Hall–Kier alpha value is -4.35. The van der Waals surface area contributed by atoms with Crippen molar-refractivity contribution >= 4 is 29.6 Å². The van der Waals surface area contributed by atoms with Crippen LogP contribution in [-0.2, 0) is 23.1 Å². The maximum Gasteiger partial charge on any atom is 0.325 e. The fourth-order valence-electron chi connectivity index (χ4n) is 4.66. The van der Waals surface area contributed by atoms with Gasteiger partial charge in [0, 0.05) is 38.2 Å². The normalized spacial score (nSPS) is 17.6. The van der Waals surface area contributed by atoms with Crippen LogP contribution in [0.1, 0.15) is 36.1 Å². The summed E-state index contributed by atoms with van der Waals surface area (Å²) in [5.41, 5.74) is 6.53. The Morgan fingerprint density at radius 3 is 2.55 bits per heavy atom. The molecule has 12 heteroatoms. The van der Waals surface area contributed by atoms with Gasteiger partial charge in [-0.15, -0.1) is 0 Å². The van der Waals surface area contributed by atoms with Gasteiger partial charge >= 0.3 is 6.03 Å². The van der Waals surface area contributed by atoms with Crippen LogP contribution in [0.15, 0.2) is 42.9 Å². The van der Waals surface area contributed by atoms with Gasteiger partial charge in [-0.3, -0.25) is 19.4 Å². The van der Waals surface area contributed by atoms with Crippen molar-refractivity contribution in [1.29, 1.82) is 0 Å². The van der Waals surface area contributed by atoms with E-state index in [-0.39, 0.29) is 29.8 Å². The second-order valence-corrected chi connectivity index (χ2v) is 9.30. The molecule has 0 radical (unpaired) electrons. The second kappa shape index (κ2) is 10.6. The zero-order valence-corrected chi connectivity index (χ0v) is 21.5. The summed E-state index contributed by atoms with van der Waals surface area (Å²) in [6.07, 6.45) is 5.05. The third-order valence-electron chi connectivity index (χ3n) is 6.80. The van der Waals surface area contributed by atoms with E-state index in [4.69, 9.17) is 5.73 Å². The molecule has 200 valence electrons. The number of imidazole rings is 1. The number of likely N-dealkylation sites (tertiary alicyclic amines) is 1. The van der Waals surface area contributed by atoms with Gasteiger partial charge in [0.25, 0.3) is 5.91 Å². The number of amides is 4. The average Bonchev–Trinajstić information content (AvgIpc) is 3.32. The van der Waals surface area contributed by atoms with Gasteiger partial charge in [0.1, 0.15) is 11.9 Å².